The molecule has 11 heteroatoms. The van der Waals surface area contributed by atoms with Crippen LogP contribution in [0.15, 0.2) is 24.3 Å². The summed E-state index contributed by atoms with van der Waals surface area (Å²) in [6, 6.07) is 5.22. The average Bonchev–Trinajstić information content (AvgIpc) is 2.69. The van der Waals surface area contributed by atoms with Gasteiger partial charge in [-0.3, -0.25) is 14.8 Å². The molecule has 8 nitrogen and oxygen atoms in total. The van der Waals surface area contributed by atoms with Gasteiger partial charge >= 0.3 is 6.36 Å². The molecule has 1 heterocycles. The fourth-order valence-electron chi connectivity index (χ4n) is 3.71. The third-order valence-corrected chi connectivity index (χ3v) is 5.15. The number of hydrogen-bond acceptors (Lipinski definition) is 6. The molecular weight excluding hydrogens is 419 g/mol. The van der Waals surface area contributed by atoms with E-state index in [1.165, 1.54) is 29.7 Å². The summed E-state index contributed by atoms with van der Waals surface area (Å²) in [4.78, 5) is 28.3. The Morgan fingerprint density at radius 1 is 1.23 bits per heavy atom. The van der Waals surface area contributed by atoms with Gasteiger partial charge in [0.15, 0.2) is 0 Å². The average molecular weight is 447 g/mol. The Balaban J connectivity index is 2.07. The Hall–Kier alpha value is -2.53. The smallest absolute Gasteiger partial charge is 0.406 e. The number of piperazine rings is 1. The van der Waals surface area contributed by atoms with Crippen LogP contribution in [0.2, 0.25) is 0 Å². The number of nitrogens with one attached hydrogen (secondary N) is 1. The van der Waals surface area contributed by atoms with E-state index in [2.05, 4.69) is 4.74 Å². The zero-order chi connectivity index (χ0) is 23.3. The number of anilines is 1. The second kappa shape index (κ2) is 10.2. The van der Waals surface area contributed by atoms with Gasteiger partial charge in [-0.1, -0.05) is 13.8 Å². The fraction of sp³-hybridized carbons (Fsp3) is 0.600. The molecule has 31 heavy (non-hydrogen) atoms. The lowest BCUT2D eigenvalue weighted by atomic mass is 9.89. The summed E-state index contributed by atoms with van der Waals surface area (Å²) < 4.78 is 40.8. The van der Waals surface area contributed by atoms with Gasteiger partial charge in [0.05, 0.1) is 5.92 Å². The van der Waals surface area contributed by atoms with Crippen molar-refractivity contribution in [1.82, 2.24) is 10.4 Å². The summed E-state index contributed by atoms with van der Waals surface area (Å²) in [7, 11) is 0. The number of aliphatic hydroxyl groups is 1. The van der Waals surface area contributed by atoms with E-state index >= 15 is 0 Å². The first-order valence-corrected chi connectivity index (χ1v) is 9.96. The molecule has 1 aromatic carbocycles. The Morgan fingerprint density at radius 2 is 1.84 bits per heavy atom. The Kier molecular flexibility index (Phi) is 8.13. The number of hydrogen-bond donors (Lipinski definition) is 3. The van der Waals surface area contributed by atoms with Crippen molar-refractivity contribution in [2.75, 3.05) is 24.5 Å². The highest BCUT2D eigenvalue weighted by Gasteiger charge is 2.38. The summed E-state index contributed by atoms with van der Waals surface area (Å²) in [5, 5.41) is 19.0. The number of benzene rings is 1. The second-order valence-electron chi connectivity index (χ2n) is 8.03. The highest BCUT2D eigenvalue weighted by molar-refractivity contribution is 5.89. The molecule has 1 aliphatic heterocycles. The SMILES string of the molecule is CC(C)C[C@H](C(=O)N1CCN(c2ccc(OC(F)(F)F)cc2)C[C@H]1C)[C@H](O)C(=O)NO. The Labute approximate surface area is 178 Å². The van der Waals surface area contributed by atoms with E-state index < -0.39 is 24.3 Å². The molecule has 3 atom stereocenters. The number of rotatable bonds is 7. The lowest BCUT2D eigenvalue weighted by Crippen LogP contribution is -2.57. The maximum absolute atomic E-state index is 13.1. The van der Waals surface area contributed by atoms with E-state index in [0.29, 0.717) is 25.3 Å². The first-order chi connectivity index (χ1) is 14.4. The molecule has 1 saturated heterocycles. The molecule has 0 bridgehead atoms. The van der Waals surface area contributed by atoms with E-state index in [1.54, 1.807) is 4.90 Å². The molecule has 3 N–H and O–H groups in total. The number of alkyl halides is 3. The van der Waals surface area contributed by atoms with Crippen LogP contribution in [0.3, 0.4) is 0 Å². The van der Waals surface area contributed by atoms with Crippen LogP contribution >= 0.6 is 0 Å². The summed E-state index contributed by atoms with van der Waals surface area (Å²) in [6.45, 7) is 6.68. The molecular formula is C20H28F3N3O5. The largest absolute Gasteiger partial charge is 0.573 e. The number of carbonyl (C=O) groups excluding carboxylic acids is 2. The fourth-order valence-corrected chi connectivity index (χ4v) is 3.71. The number of aliphatic hydroxyl groups excluding tert-OH is 1. The summed E-state index contributed by atoms with van der Waals surface area (Å²) in [5.74, 6) is -2.70. The summed E-state index contributed by atoms with van der Waals surface area (Å²) in [5.41, 5.74) is 2.07. The van der Waals surface area contributed by atoms with Gasteiger partial charge < -0.3 is 19.6 Å². The van der Waals surface area contributed by atoms with Crippen LogP contribution in [-0.2, 0) is 9.59 Å². The van der Waals surface area contributed by atoms with Gasteiger partial charge in [-0.05, 0) is 43.5 Å². The molecule has 174 valence electrons. The highest BCUT2D eigenvalue weighted by atomic mass is 19.4. The number of ether oxygens (including phenoxy) is 1. The second-order valence-corrected chi connectivity index (χ2v) is 8.03. The normalized spacial score (nSPS) is 19.2. The van der Waals surface area contributed by atoms with Crippen molar-refractivity contribution in [2.45, 2.75) is 45.7 Å². The van der Waals surface area contributed by atoms with E-state index in [-0.39, 0.29) is 30.0 Å². The monoisotopic (exact) mass is 447 g/mol. The molecule has 1 aromatic rings. The summed E-state index contributed by atoms with van der Waals surface area (Å²) >= 11 is 0. The first-order valence-electron chi connectivity index (χ1n) is 9.96. The Bertz CT molecular complexity index is 757. The molecule has 0 saturated carbocycles. The van der Waals surface area contributed by atoms with Crippen molar-refractivity contribution in [3.8, 4) is 5.75 Å². The van der Waals surface area contributed by atoms with E-state index in [4.69, 9.17) is 5.21 Å². The minimum absolute atomic E-state index is 0.0316. The minimum Gasteiger partial charge on any atom is -0.406 e. The maximum Gasteiger partial charge on any atom is 0.573 e. The van der Waals surface area contributed by atoms with Gasteiger partial charge in [0.25, 0.3) is 5.91 Å². The predicted octanol–water partition coefficient (Wildman–Crippen LogP) is 2.15. The quantitative estimate of drug-likeness (QED) is 0.437. The van der Waals surface area contributed by atoms with E-state index in [9.17, 15) is 27.9 Å². The predicted molar refractivity (Wildman–Crippen MR) is 105 cm³/mol. The number of carbonyl (C=O) groups is 2. The van der Waals surface area contributed by atoms with Crippen molar-refractivity contribution < 1.29 is 37.8 Å². The molecule has 1 aliphatic rings. The van der Waals surface area contributed by atoms with Gasteiger partial charge in [-0.15, -0.1) is 13.2 Å². The molecule has 0 spiro atoms. The minimum atomic E-state index is -4.76. The molecule has 2 rings (SSSR count). The number of halogens is 3. The topological polar surface area (TPSA) is 102 Å². The zero-order valence-electron chi connectivity index (χ0n) is 17.6. The van der Waals surface area contributed by atoms with E-state index in [1.807, 2.05) is 25.7 Å². The molecule has 1 fully saturated rings. The first kappa shape index (κ1) is 24.7. The lowest BCUT2D eigenvalue weighted by molar-refractivity contribution is -0.274. The van der Waals surface area contributed by atoms with Crippen LogP contribution in [0.1, 0.15) is 27.2 Å². The molecule has 0 radical (unpaired) electrons. The van der Waals surface area contributed by atoms with Gasteiger partial charge in [0, 0.05) is 31.4 Å². The molecule has 0 unspecified atom stereocenters. The van der Waals surface area contributed by atoms with Crippen molar-refractivity contribution in [3.63, 3.8) is 0 Å². The maximum atomic E-state index is 13.1. The van der Waals surface area contributed by atoms with Crippen LogP contribution < -0.4 is 15.1 Å². The molecule has 2 amide bonds. The van der Waals surface area contributed by atoms with Crippen LogP contribution in [0.4, 0.5) is 18.9 Å². The van der Waals surface area contributed by atoms with Crippen LogP contribution in [0.5, 0.6) is 5.75 Å². The third kappa shape index (κ3) is 6.73. The number of nitrogens with zero attached hydrogens (tertiary/aromatic N) is 2. The standard InChI is InChI=1S/C20H28F3N3O5/c1-12(2)10-16(17(27)18(28)24-30)19(29)26-9-8-25(11-13(26)3)14-4-6-15(7-5-14)31-20(21,22)23/h4-7,12-13,16-17,27,30H,8-11H2,1-3H3,(H,24,28)/t13-,16+,17+/m1/s1. The molecule has 0 aromatic heterocycles. The Morgan fingerprint density at radius 3 is 2.32 bits per heavy atom. The van der Waals surface area contributed by atoms with Crippen molar-refractivity contribution in [3.05, 3.63) is 24.3 Å². The third-order valence-electron chi connectivity index (χ3n) is 5.15. The number of hydroxylamine groups is 1. The summed E-state index contributed by atoms with van der Waals surface area (Å²) in [6.07, 6.45) is -6.17. The van der Waals surface area contributed by atoms with E-state index in [0.717, 1.165) is 0 Å². The van der Waals surface area contributed by atoms with Gasteiger partial charge in [-0.2, -0.15) is 0 Å². The van der Waals surface area contributed by atoms with Gasteiger partial charge in [0.1, 0.15) is 11.9 Å². The zero-order valence-corrected chi connectivity index (χ0v) is 17.6. The van der Waals surface area contributed by atoms with Crippen LogP contribution in [0, 0.1) is 11.8 Å². The highest BCUT2D eigenvalue weighted by Crippen LogP contribution is 2.28. The van der Waals surface area contributed by atoms with Crippen molar-refractivity contribution >= 4 is 17.5 Å². The van der Waals surface area contributed by atoms with Crippen molar-refractivity contribution in [2.24, 2.45) is 11.8 Å². The lowest BCUT2D eigenvalue weighted by Gasteiger charge is -2.42. The van der Waals surface area contributed by atoms with Gasteiger partial charge in [-0.25, -0.2) is 5.48 Å². The van der Waals surface area contributed by atoms with Crippen LogP contribution in [0.25, 0.3) is 0 Å². The van der Waals surface area contributed by atoms with Crippen molar-refractivity contribution in [1.29, 1.82) is 0 Å². The van der Waals surface area contributed by atoms with Crippen LogP contribution in [-0.4, -0.2) is 65.2 Å². The van der Waals surface area contributed by atoms with Gasteiger partial charge in [0.2, 0.25) is 5.91 Å². The molecule has 0 aliphatic carbocycles. The number of amides is 2.